The van der Waals surface area contributed by atoms with Gasteiger partial charge < -0.3 is 10.3 Å². The van der Waals surface area contributed by atoms with Crippen LogP contribution in [0.3, 0.4) is 0 Å². The van der Waals surface area contributed by atoms with Crippen molar-refractivity contribution in [2.75, 3.05) is 0 Å². The SMILES string of the molecule is Cc1c(-c2ccccc2)nc(-c2cc(Cl)ccc2O)n1O. The Morgan fingerprint density at radius 2 is 1.81 bits per heavy atom. The fourth-order valence-corrected chi connectivity index (χ4v) is 2.40. The van der Waals surface area contributed by atoms with Crippen molar-refractivity contribution in [2.24, 2.45) is 0 Å². The molecule has 2 N–H and O–H groups in total. The lowest BCUT2D eigenvalue weighted by Crippen LogP contribution is -1.96. The Labute approximate surface area is 126 Å². The highest BCUT2D eigenvalue weighted by Crippen LogP contribution is 2.34. The Hall–Kier alpha value is -2.46. The molecule has 0 atom stereocenters. The maximum atomic E-state index is 10.2. The summed E-state index contributed by atoms with van der Waals surface area (Å²) in [7, 11) is 0. The highest BCUT2D eigenvalue weighted by atomic mass is 35.5. The van der Waals surface area contributed by atoms with Gasteiger partial charge in [0.15, 0.2) is 5.82 Å². The first-order valence-electron chi connectivity index (χ1n) is 6.41. The van der Waals surface area contributed by atoms with Gasteiger partial charge in [-0.3, -0.25) is 0 Å². The van der Waals surface area contributed by atoms with Crippen molar-refractivity contribution in [1.29, 1.82) is 0 Å². The molecule has 4 nitrogen and oxygen atoms in total. The molecule has 106 valence electrons. The molecule has 0 bridgehead atoms. The van der Waals surface area contributed by atoms with Crippen LogP contribution in [0.5, 0.6) is 5.75 Å². The fourth-order valence-electron chi connectivity index (χ4n) is 2.22. The second-order valence-corrected chi connectivity index (χ2v) is 5.15. The smallest absolute Gasteiger partial charge is 0.179 e. The zero-order valence-electron chi connectivity index (χ0n) is 11.3. The Bertz CT molecular complexity index is 798. The number of aromatic hydroxyl groups is 1. The van der Waals surface area contributed by atoms with Gasteiger partial charge in [-0.2, -0.15) is 4.73 Å². The van der Waals surface area contributed by atoms with Gasteiger partial charge in [-0.05, 0) is 25.1 Å². The van der Waals surface area contributed by atoms with Crippen LogP contribution in [0.4, 0.5) is 0 Å². The van der Waals surface area contributed by atoms with Crippen LogP contribution in [0.1, 0.15) is 5.69 Å². The number of rotatable bonds is 2. The maximum absolute atomic E-state index is 10.2. The molecule has 3 aromatic rings. The number of phenolic OH excluding ortho intramolecular Hbond substituents is 1. The Kier molecular flexibility index (Phi) is 3.31. The monoisotopic (exact) mass is 300 g/mol. The van der Waals surface area contributed by atoms with Gasteiger partial charge in [0.05, 0.1) is 17.0 Å². The molecular weight excluding hydrogens is 288 g/mol. The van der Waals surface area contributed by atoms with Gasteiger partial charge in [-0.15, -0.1) is 0 Å². The zero-order chi connectivity index (χ0) is 15.0. The van der Waals surface area contributed by atoms with Crippen LogP contribution in [0, 0.1) is 6.92 Å². The third-order valence-corrected chi connectivity index (χ3v) is 3.56. The summed E-state index contributed by atoms with van der Waals surface area (Å²) in [5.41, 5.74) is 2.53. The van der Waals surface area contributed by atoms with E-state index >= 15 is 0 Å². The molecule has 1 aromatic heterocycles. The van der Waals surface area contributed by atoms with Crippen molar-refractivity contribution >= 4 is 11.6 Å². The van der Waals surface area contributed by atoms with Crippen molar-refractivity contribution in [1.82, 2.24) is 9.71 Å². The molecule has 0 radical (unpaired) electrons. The average Bonchev–Trinajstić information content (AvgIpc) is 2.79. The summed E-state index contributed by atoms with van der Waals surface area (Å²) in [6.07, 6.45) is 0. The largest absolute Gasteiger partial charge is 0.507 e. The number of hydrogen-bond acceptors (Lipinski definition) is 3. The second-order valence-electron chi connectivity index (χ2n) is 4.71. The summed E-state index contributed by atoms with van der Waals surface area (Å²) in [5.74, 6) is 0.269. The van der Waals surface area contributed by atoms with Gasteiger partial charge in [0.25, 0.3) is 0 Å². The first-order valence-corrected chi connectivity index (χ1v) is 6.78. The number of imidazole rings is 1. The van der Waals surface area contributed by atoms with E-state index in [0.29, 0.717) is 22.0 Å². The van der Waals surface area contributed by atoms with Crippen molar-refractivity contribution < 1.29 is 10.3 Å². The highest BCUT2D eigenvalue weighted by molar-refractivity contribution is 6.30. The first kappa shape index (κ1) is 13.5. The Balaban J connectivity index is 2.20. The molecule has 5 heteroatoms. The number of hydrogen-bond donors (Lipinski definition) is 2. The molecule has 0 aliphatic carbocycles. The minimum atomic E-state index is 0.0133. The first-order chi connectivity index (χ1) is 10.1. The number of halogens is 1. The summed E-state index contributed by atoms with van der Waals surface area (Å²) in [5, 5.41) is 20.7. The van der Waals surface area contributed by atoms with Crippen molar-refractivity contribution in [3.05, 3.63) is 59.2 Å². The predicted octanol–water partition coefficient (Wildman–Crippen LogP) is 4.12. The van der Waals surface area contributed by atoms with E-state index in [1.165, 1.54) is 6.07 Å². The molecule has 0 aliphatic heterocycles. The van der Waals surface area contributed by atoms with E-state index in [1.807, 2.05) is 30.3 Å². The quantitative estimate of drug-likeness (QED) is 0.700. The second kappa shape index (κ2) is 5.14. The topological polar surface area (TPSA) is 58.3 Å². The van der Waals surface area contributed by atoms with Crippen LogP contribution in [0.2, 0.25) is 5.02 Å². The third-order valence-electron chi connectivity index (χ3n) is 3.33. The molecule has 0 aliphatic rings. The molecule has 0 amide bonds. The molecule has 0 saturated carbocycles. The minimum absolute atomic E-state index is 0.0133. The van der Waals surface area contributed by atoms with Crippen molar-refractivity contribution in [3.8, 4) is 28.4 Å². The summed E-state index contributed by atoms with van der Waals surface area (Å²) >= 11 is 5.95. The lowest BCUT2D eigenvalue weighted by Gasteiger charge is -2.04. The van der Waals surface area contributed by atoms with Crippen LogP contribution in [0.15, 0.2) is 48.5 Å². The van der Waals surface area contributed by atoms with Crippen molar-refractivity contribution in [2.45, 2.75) is 6.92 Å². The van der Waals surface area contributed by atoms with Crippen LogP contribution in [-0.2, 0) is 0 Å². The van der Waals surface area contributed by atoms with Gasteiger partial charge in [-0.1, -0.05) is 41.9 Å². The molecule has 2 aromatic carbocycles. The number of benzene rings is 2. The van der Waals surface area contributed by atoms with E-state index in [1.54, 1.807) is 19.1 Å². The fraction of sp³-hybridized carbons (Fsp3) is 0.0625. The number of aromatic nitrogens is 2. The molecule has 1 heterocycles. The molecule has 0 spiro atoms. The van der Waals surface area contributed by atoms with Crippen LogP contribution < -0.4 is 0 Å². The van der Waals surface area contributed by atoms with Gasteiger partial charge in [0, 0.05) is 10.6 Å². The lowest BCUT2D eigenvalue weighted by atomic mass is 10.1. The van der Waals surface area contributed by atoms with Crippen molar-refractivity contribution in [3.63, 3.8) is 0 Å². The van der Waals surface area contributed by atoms with Gasteiger partial charge in [0.1, 0.15) is 5.75 Å². The van der Waals surface area contributed by atoms with E-state index in [-0.39, 0.29) is 11.6 Å². The number of nitrogens with zero attached hydrogens (tertiary/aromatic N) is 2. The van der Waals surface area contributed by atoms with E-state index in [2.05, 4.69) is 4.98 Å². The molecule has 21 heavy (non-hydrogen) atoms. The molecular formula is C16H13ClN2O2. The summed E-state index contributed by atoms with van der Waals surface area (Å²) in [6, 6.07) is 14.2. The highest BCUT2D eigenvalue weighted by Gasteiger charge is 2.18. The average molecular weight is 301 g/mol. The summed E-state index contributed by atoms with van der Waals surface area (Å²) in [6.45, 7) is 1.76. The van der Waals surface area contributed by atoms with Gasteiger partial charge >= 0.3 is 0 Å². The molecule has 3 rings (SSSR count). The molecule has 0 saturated heterocycles. The third kappa shape index (κ3) is 2.34. The molecule has 0 fully saturated rings. The molecule has 0 unspecified atom stereocenters. The lowest BCUT2D eigenvalue weighted by molar-refractivity contribution is 0.184. The van der Waals surface area contributed by atoms with Crippen LogP contribution in [0.25, 0.3) is 22.6 Å². The number of phenols is 1. The zero-order valence-corrected chi connectivity index (χ0v) is 12.0. The maximum Gasteiger partial charge on any atom is 0.179 e. The van der Waals surface area contributed by atoms with E-state index < -0.39 is 0 Å². The van der Waals surface area contributed by atoms with E-state index in [9.17, 15) is 10.3 Å². The summed E-state index contributed by atoms with van der Waals surface area (Å²) < 4.78 is 0.966. The Morgan fingerprint density at radius 3 is 2.52 bits per heavy atom. The van der Waals surface area contributed by atoms with E-state index in [0.717, 1.165) is 10.3 Å². The van der Waals surface area contributed by atoms with Gasteiger partial charge in [0.2, 0.25) is 0 Å². The van der Waals surface area contributed by atoms with Crippen LogP contribution >= 0.6 is 11.6 Å². The van der Waals surface area contributed by atoms with E-state index in [4.69, 9.17) is 11.6 Å². The predicted molar refractivity (Wildman–Crippen MR) is 81.7 cm³/mol. The summed E-state index contributed by atoms with van der Waals surface area (Å²) in [4.78, 5) is 4.45. The normalized spacial score (nSPS) is 10.8. The standard InChI is InChI=1S/C16H13ClN2O2/c1-10-15(11-5-3-2-4-6-11)18-16(19(10)21)13-9-12(17)7-8-14(13)20/h2-9,20-21H,1H3. The van der Waals surface area contributed by atoms with Gasteiger partial charge in [-0.25, -0.2) is 4.98 Å². The Morgan fingerprint density at radius 1 is 1.10 bits per heavy atom. The minimum Gasteiger partial charge on any atom is -0.507 e. The van der Waals surface area contributed by atoms with Crippen LogP contribution in [-0.4, -0.2) is 20.0 Å².